The molecular weight excluding hydrogens is 194 g/mol. The van der Waals surface area contributed by atoms with Crippen molar-refractivity contribution in [2.24, 2.45) is 5.73 Å². The minimum atomic E-state index is -0.570. The Labute approximate surface area is 89.6 Å². The van der Waals surface area contributed by atoms with E-state index in [1.807, 2.05) is 0 Å². The molecule has 0 heterocycles. The highest BCUT2D eigenvalue weighted by Crippen LogP contribution is 2.27. The lowest BCUT2D eigenvalue weighted by atomic mass is 10.1. The predicted molar refractivity (Wildman–Crippen MR) is 58.2 cm³/mol. The molecule has 0 unspecified atom stereocenters. The number of aliphatic hydroxyl groups excluding tert-OH is 1. The number of hydrogen-bond donors (Lipinski definition) is 2. The summed E-state index contributed by atoms with van der Waals surface area (Å²) < 4.78 is 10.2. The highest BCUT2D eigenvalue weighted by atomic mass is 16.5. The maximum Gasteiger partial charge on any atom is 0.122 e. The van der Waals surface area contributed by atoms with Crippen molar-refractivity contribution in [2.45, 2.75) is 12.5 Å². The molecule has 0 aliphatic carbocycles. The Kier molecular flexibility index (Phi) is 4.39. The van der Waals surface area contributed by atoms with Gasteiger partial charge in [-0.25, -0.2) is 0 Å². The molecule has 0 saturated heterocycles. The first-order valence-electron chi connectivity index (χ1n) is 4.82. The Hall–Kier alpha value is -1.26. The van der Waals surface area contributed by atoms with E-state index in [0.29, 0.717) is 24.5 Å². The van der Waals surface area contributed by atoms with Crippen LogP contribution < -0.4 is 15.2 Å². The van der Waals surface area contributed by atoms with Crippen LogP contribution in [0.5, 0.6) is 11.5 Å². The molecule has 0 saturated carbocycles. The van der Waals surface area contributed by atoms with Gasteiger partial charge in [0, 0.05) is 6.07 Å². The van der Waals surface area contributed by atoms with Crippen LogP contribution in [0, 0.1) is 0 Å². The molecule has 0 aliphatic rings. The number of hydrogen-bond acceptors (Lipinski definition) is 4. The minimum Gasteiger partial charge on any atom is -0.497 e. The maximum absolute atomic E-state index is 9.77. The molecule has 0 spiro atoms. The minimum absolute atomic E-state index is 0.445. The summed E-state index contributed by atoms with van der Waals surface area (Å²) in [6.45, 7) is 0.445. The van der Waals surface area contributed by atoms with E-state index in [1.54, 1.807) is 32.4 Å². The molecule has 0 aromatic heterocycles. The smallest absolute Gasteiger partial charge is 0.122 e. The van der Waals surface area contributed by atoms with Crippen LogP contribution in [0.3, 0.4) is 0 Å². The number of methoxy groups -OCH3 is 2. The van der Waals surface area contributed by atoms with E-state index in [2.05, 4.69) is 0 Å². The van der Waals surface area contributed by atoms with E-state index in [0.717, 1.165) is 5.56 Å². The highest BCUT2D eigenvalue weighted by molar-refractivity contribution is 5.39. The van der Waals surface area contributed by atoms with Crippen molar-refractivity contribution in [3.63, 3.8) is 0 Å². The van der Waals surface area contributed by atoms with E-state index in [1.165, 1.54) is 0 Å². The molecule has 4 nitrogen and oxygen atoms in total. The van der Waals surface area contributed by atoms with Gasteiger partial charge in [-0.2, -0.15) is 0 Å². The van der Waals surface area contributed by atoms with Gasteiger partial charge in [-0.15, -0.1) is 0 Å². The van der Waals surface area contributed by atoms with E-state index in [9.17, 15) is 5.11 Å². The summed E-state index contributed by atoms with van der Waals surface area (Å²) in [5.74, 6) is 1.33. The second-order valence-corrected chi connectivity index (χ2v) is 3.24. The maximum atomic E-state index is 9.77. The highest BCUT2D eigenvalue weighted by Gasteiger charge is 2.09. The molecule has 1 rings (SSSR count). The van der Waals surface area contributed by atoms with Gasteiger partial charge >= 0.3 is 0 Å². The van der Waals surface area contributed by atoms with Gasteiger partial charge < -0.3 is 20.3 Å². The molecule has 1 atom stereocenters. The number of ether oxygens (including phenoxy) is 2. The van der Waals surface area contributed by atoms with Crippen LogP contribution in [0.15, 0.2) is 18.2 Å². The topological polar surface area (TPSA) is 64.7 Å². The van der Waals surface area contributed by atoms with Crippen molar-refractivity contribution >= 4 is 0 Å². The zero-order chi connectivity index (χ0) is 11.3. The molecule has 84 valence electrons. The Morgan fingerprint density at radius 2 is 1.73 bits per heavy atom. The summed E-state index contributed by atoms with van der Waals surface area (Å²) in [7, 11) is 3.15. The van der Waals surface area contributed by atoms with E-state index in [4.69, 9.17) is 15.2 Å². The molecule has 0 aliphatic heterocycles. The molecule has 4 heteroatoms. The largest absolute Gasteiger partial charge is 0.497 e. The van der Waals surface area contributed by atoms with Gasteiger partial charge in [0.05, 0.1) is 20.3 Å². The number of aliphatic hydroxyl groups is 1. The molecule has 1 aromatic carbocycles. The van der Waals surface area contributed by atoms with E-state index < -0.39 is 6.10 Å². The molecule has 0 amide bonds. The van der Waals surface area contributed by atoms with Gasteiger partial charge in [0.1, 0.15) is 11.5 Å². The van der Waals surface area contributed by atoms with Crippen LogP contribution in [0.25, 0.3) is 0 Å². The van der Waals surface area contributed by atoms with Gasteiger partial charge in [0.15, 0.2) is 0 Å². The van der Waals surface area contributed by atoms with Crippen molar-refractivity contribution in [1.82, 2.24) is 0 Å². The summed E-state index contributed by atoms with van der Waals surface area (Å²) in [4.78, 5) is 0. The third-order valence-electron chi connectivity index (χ3n) is 2.20. The van der Waals surface area contributed by atoms with Gasteiger partial charge in [-0.05, 0) is 30.7 Å². The van der Waals surface area contributed by atoms with E-state index in [-0.39, 0.29) is 0 Å². The first-order valence-corrected chi connectivity index (χ1v) is 4.82. The fourth-order valence-corrected chi connectivity index (χ4v) is 1.35. The van der Waals surface area contributed by atoms with Gasteiger partial charge in [-0.1, -0.05) is 0 Å². The molecular formula is C11H17NO3. The van der Waals surface area contributed by atoms with Crippen molar-refractivity contribution in [2.75, 3.05) is 20.8 Å². The standard InChI is InChI=1S/C11H17NO3/c1-14-9-5-8(11(13)3-4-12)6-10(7-9)15-2/h5-7,11,13H,3-4,12H2,1-2H3/t11-/m1/s1. The normalized spacial score (nSPS) is 12.3. The quantitative estimate of drug-likeness (QED) is 0.765. The van der Waals surface area contributed by atoms with Crippen LogP contribution in [0.2, 0.25) is 0 Å². The molecule has 0 bridgehead atoms. The predicted octanol–water partition coefficient (Wildman–Crippen LogP) is 1.09. The van der Waals surface area contributed by atoms with Gasteiger partial charge in [0.2, 0.25) is 0 Å². The Morgan fingerprint density at radius 3 is 2.13 bits per heavy atom. The lowest BCUT2D eigenvalue weighted by molar-refractivity contribution is 0.169. The van der Waals surface area contributed by atoms with Crippen LogP contribution in [0.4, 0.5) is 0 Å². The second-order valence-electron chi connectivity index (χ2n) is 3.24. The van der Waals surface area contributed by atoms with Gasteiger partial charge in [-0.3, -0.25) is 0 Å². The monoisotopic (exact) mass is 211 g/mol. The van der Waals surface area contributed by atoms with Crippen molar-refractivity contribution in [3.8, 4) is 11.5 Å². The van der Waals surface area contributed by atoms with Crippen LogP contribution in [-0.4, -0.2) is 25.9 Å². The molecule has 0 radical (unpaired) electrons. The zero-order valence-electron chi connectivity index (χ0n) is 9.06. The second kappa shape index (κ2) is 5.58. The Bertz CT molecular complexity index is 292. The van der Waals surface area contributed by atoms with Crippen LogP contribution in [0.1, 0.15) is 18.1 Å². The van der Waals surface area contributed by atoms with Crippen LogP contribution in [-0.2, 0) is 0 Å². The Balaban J connectivity index is 2.95. The molecule has 15 heavy (non-hydrogen) atoms. The summed E-state index contributed by atoms with van der Waals surface area (Å²) in [6, 6.07) is 5.32. The first kappa shape index (κ1) is 11.8. The summed E-state index contributed by atoms with van der Waals surface area (Å²) in [5.41, 5.74) is 6.15. The zero-order valence-corrected chi connectivity index (χ0v) is 9.06. The first-order chi connectivity index (χ1) is 7.21. The number of nitrogens with two attached hydrogens (primary N) is 1. The molecule has 0 fully saturated rings. The fourth-order valence-electron chi connectivity index (χ4n) is 1.35. The molecule has 3 N–H and O–H groups in total. The lowest BCUT2D eigenvalue weighted by Gasteiger charge is -2.12. The molecule has 1 aromatic rings. The van der Waals surface area contributed by atoms with Crippen LogP contribution >= 0.6 is 0 Å². The van der Waals surface area contributed by atoms with Crippen molar-refractivity contribution in [3.05, 3.63) is 23.8 Å². The average Bonchev–Trinajstić information content (AvgIpc) is 2.28. The SMILES string of the molecule is COc1cc(OC)cc([C@H](O)CCN)c1. The average molecular weight is 211 g/mol. The van der Waals surface area contributed by atoms with Crippen molar-refractivity contribution < 1.29 is 14.6 Å². The summed E-state index contributed by atoms with van der Waals surface area (Å²) in [5, 5.41) is 9.77. The number of rotatable bonds is 5. The number of benzene rings is 1. The van der Waals surface area contributed by atoms with E-state index >= 15 is 0 Å². The third kappa shape index (κ3) is 3.11. The summed E-state index contributed by atoms with van der Waals surface area (Å²) in [6.07, 6.45) is -0.0462. The Morgan fingerprint density at radius 1 is 1.20 bits per heavy atom. The van der Waals surface area contributed by atoms with Gasteiger partial charge in [0.25, 0.3) is 0 Å². The lowest BCUT2D eigenvalue weighted by Crippen LogP contribution is -2.07. The summed E-state index contributed by atoms with van der Waals surface area (Å²) >= 11 is 0. The fraction of sp³-hybridized carbons (Fsp3) is 0.455. The third-order valence-corrected chi connectivity index (χ3v) is 2.20. The van der Waals surface area contributed by atoms with Crippen molar-refractivity contribution in [1.29, 1.82) is 0 Å².